The number of hydrogen-bond acceptors (Lipinski definition) is 8. The zero-order valence-electron chi connectivity index (χ0n) is 19.5. The number of β-lactam (4-membered cyclic amide) rings is 1. The number of esters is 1. The quantitative estimate of drug-likeness (QED) is 0.337. The van der Waals surface area contributed by atoms with Crippen molar-refractivity contribution in [1.29, 1.82) is 0 Å². The summed E-state index contributed by atoms with van der Waals surface area (Å²) in [6.07, 6.45) is 0. The lowest BCUT2D eigenvalue weighted by Crippen LogP contribution is -2.71. The molecule has 33 heavy (non-hydrogen) atoms. The molecule has 2 aliphatic rings. The fourth-order valence-corrected chi connectivity index (χ4v) is 6.16. The van der Waals surface area contributed by atoms with Crippen molar-refractivity contribution in [2.24, 2.45) is 11.1 Å². The summed E-state index contributed by atoms with van der Waals surface area (Å²) < 4.78 is 4.82. The number of benzene rings is 1. The molecule has 0 aliphatic carbocycles. The van der Waals surface area contributed by atoms with E-state index in [2.05, 4.69) is 5.32 Å². The Kier molecular flexibility index (Phi) is 7.50. The van der Waals surface area contributed by atoms with E-state index in [1.54, 1.807) is 24.3 Å². The van der Waals surface area contributed by atoms with Crippen molar-refractivity contribution in [3.8, 4) is 0 Å². The maximum atomic E-state index is 12.9. The monoisotopic (exact) mass is 493 g/mol. The van der Waals surface area contributed by atoms with Gasteiger partial charge >= 0.3 is 5.97 Å². The Morgan fingerprint density at radius 1 is 1.24 bits per heavy atom. The largest absolute Gasteiger partial charge is 0.463 e. The van der Waals surface area contributed by atoms with Gasteiger partial charge in [0.2, 0.25) is 11.8 Å². The molecule has 0 saturated carbocycles. The van der Waals surface area contributed by atoms with Gasteiger partial charge in [-0.3, -0.25) is 14.4 Å². The van der Waals surface area contributed by atoms with Crippen molar-refractivity contribution < 1.29 is 23.9 Å². The second-order valence-electron chi connectivity index (χ2n) is 9.69. The van der Waals surface area contributed by atoms with E-state index in [1.165, 1.54) is 16.7 Å². The van der Waals surface area contributed by atoms with Crippen LogP contribution in [0.25, 0.3) is 0 Å². The molecular weight excluding hydrogens is 462 g/mol. The molecule has 0 bridgehead atoms. The number of fused-ring (bicyclic) bond motifs is 1. The van der Waals surface area contributed by atoms with Crippen LogP contribution in [0.5, 0.6) is 0 Å². The second kappa shape index (κ2) is 9.68. The van der Waals surface area contributed by atoms with Gasteiger partial charge in [-0.2, -0.15) is 0 Å². The molecule has 3 N–H and O–H groups in total. The van der Waals surface area contributed by atoms with E-state index in [0.29, 0.717) is 11.3 Å². The highest BCUT2D eigenvalue weighted by Gasteiger charge is 2.64. The summed E-state index contributed by atoms with van der Waals surface area (Å²) in [6.45, 7) is 9.35. The predicted octanol–water partition coefficient (Wildman–Crippen LogP) is 2.08. The summed E-state index contributed by atoms with van der Waals surface area (Å²) in [7, 11) is 0. The molecule has 2 saturated heterocycles. The first kappa shape index (κ1) is 25.6. The van der Waals surface area contributed by atoms with Gasteiger partial charge in [-0.05, 0) is 19.4 Å². The zero-order chi connectivity index (χ0) is 24.6. The van der Waals surface area contributed by atoms with Crippen LogP contribution in [0.2, 0.25) is 0 Å². The summed E-state index contributed by atoms with van der Waals surface area (Å²) in [5.41, 5.74) is 6.24. The molecule has 2 aliphatic heterocycles. The number of rotatable bonds is 7. The lowest BCUT2D eigenvalue weighted by atomic mass is 9.95. The Morgan fingerprint density at radius 3 is 2.48 bits per heavy atom. The first-order valence-corrected chi connectivity index (χ1v) is 12.7. The highest BCUT2D eigenvalue weighted by Crippen LogP contribution is 2.51. The van der Waals surface area contributed by atoms with Crippen molar-refractivity contribution in [2.75, 3.05) is 12.4 Å². The van der Waals surface area contributed by atoms with E-state index in [4.69, 9.17) is 10.5 Å². The summed E-state index contributed by atoms with van der Waals surface area (Å²) in [6, 6.07) is 6.54. The van der Waals surface area contributed by atoms with Crippen molar-refractivity contribution in [2.45, 2.75) is 62.9 Å². The van der Waals surface area contributed by atoms with E-state index in [0.717, 1.165) is 11.8 Å². The minimum atomic E-state index is -0.887. The molecule has 2 heterocycles. The minimum Gasteiger partial charge on any atom is -0.463 e. The third-order valence-electron chi connectivity index (χ3n) is 5.58. The van der Waals surface area contributed by atoms with Crippen molar-refractivity contribution in [3.63, 3.8) is 0 Å². The Balaban J connectivity index is 1.57. The number of amides is 2. The van der Waals surface area contributed by atoms with Crippen molar-refractivity contribution in [1.82, 2.24) is 10.2 Å². The first-order chi connectivity index (χ1) is 15.3. The molecule has 0 spiro atoms. The third-order valence-corrected chi connectivity index (χ3v) is 8.39. The SMILES string of the molecule is CC(C)(C)C(=O)SCCOC(=O)[C@@H]1N2C(=O)[C@@H](NC(=O)[C@H](N)c3ccccc3)[C@H]2SC1(C)C. The van der Waals surface area contributed by atoms with Crippen LogP contribution in [0.4, 0.5) is 0 Å². The fraction of sp³-hybridized carbons (Fsp3) is 0.565. The molecule has 4 atom stereocenters. The van der Waals surface area contributed by atoms with Crippen LogP contribution in [0, 0.1) is 5.41 Å². The number of nitrogens with zero attached hydrogens (tertiary/aromatic N) is 1. The van der Waals surface area contributed by atoms with Crippen molar-refractivity contribution in [3.05, 3.63) is 35.9 Å². The minimum absolute atomic E-state index is 0.0283. The second-order valence-corrected chi connectivity index (χ2v) is 12.5. The smallest absolute Gasteiger partial charge is 0.330 e. The molecule has 2 amide bonds. The molecule has 2 fully saturated rings. The van der Waals surface area contributed by atoms with Crippen LogP contribution in [-0.4, -0.2) is 62.4 Å². The van der Waals surface area contributed by atoms with E-state index in [-0.39, 0.29) is 23.0 Å². The number of hydrogen-bond donors (Lipinski definition) is 2. The molecule has 0 radical (unpaired) electrons. The van der Waals surface area contributed by atoms with Gasteiger partial charge in [0.1, 0.15) is 30.1 Å². The van der Waals surface area contributed by atoms with Gasteiger partial charge in [0.15, 0.2) is 5.12 Å². The molecule has 180 valence electrons. The van der Waals surface area contributed by atoms with Crippen molar-refractivity contribution >= 4 is 46.4 Å². The number of thioether (sulfide) groups is 2. The number of ether oxygens (including phenoxy) is 1. The fourth-order valence-electron chi connectivity index (χ4n) is 3.75. The Labute approximate surface area is 202 Å². The molecule has 8 nitrogen and oxygen atoms in total. The van der Waals surface area contributed by atoms with Gasteiger partial charge in [-0.25, -0.2) is 4.79 Å². The normalized spacial score (nSPS) is 24.5. The molecule has 3 rings (SSSR count). The van der Waals surface area contributed by atoms with Crippen LogP contribution in [0.15, 0.2) is 30.3 Å². The van der Waals surface area contributed by atoms with Crippen LogP contribution < -0.4 is 11.1 Å². The number of carbonyl (C=O) groups is 4. The molecular formula is C23H31N3O5S2. The van der Waals surface area contributed by atoms with Gasteiger partial charge in [0.05, 0.1) is 0 Å². The average Bonchev–Trinajstić information content (AvgIpc) is 3.01. The molecule has 10 heteroatoms. The topological polar surface area (TPSA) is 119 Å². The van der Waals surface area contributed by atoms with E-state index < -0.39 is 40.2 Å². The number of nitrogens with two attached hydrogens (primary N) is 1. The summed E-state index contributed by atoms with van der Waals surface area (Å²) in [5.74, 6) is -0.914. The standard InChI is InChI=1S/C23H31N3O5S2/c1-22(2,3)21(30)32-12-11-31-20(29)16-23(4,5)33-19-15(18(28)26(16)19)25-17(27)14(24)13-9-7-6-8-10-13/h6-10,14-16,19H,11-12,24H2,1-5H3,(H,25,27)/t14-,15-,16+,19-/m1/s1. The van der Waals surface area contributed by atoms with Gasteiger partial charge < -0.3 is 20.7 Å². The van der Waals surface area contributed by atoms with Gasteiger partial charge in [0, 0.05) is 15.9 Å². The van der Waals surface area contributed by atoms with Crippen LogP contribution >= 0.6 is 23.5 Å². The average molecular weight is 494 g/mol. The molecule has 0 aromatic heterocycles. The van der Waals surface area contributed by atoms with Crippen LogP contribution in [0.1, 0.15) is 46.2 Å². The molecule has 1 aromatic carbocycles. The van der Waals surface area contributed by atoms with E-state index in [1.807, 2.05) is 40.7 Å². The Bertz CT molecular complexity index is 932. The number of nitrogens with one attached hydrogen (secondary N) is 1. The highest BCUT2D eigenvalue weighted by molar-refractivity contribution is 8.13. The van der Waals surface area contributed by atoms with Gasteiger partial charge in [0.25, 0.3) is 0 Å². The van der Waals surface area contributed by atoms with Gasteiger partial charge in [-0.1, -0.05) is 62.9 Å². The summed E-state index contributed by atoms with van der Waals surface area (Å²) >= 11 is 2.58. The number of carbonyl (C=O) groups excluding carboxylic acids is 4. The summed E-state index contributed by atoms with van der Waals surface area (Å²) in [5, 5.41) is 2.40. The van der Waals surface area contributed by atoms with E-state index in [9.17, 15) is 19.2 Å². The lowest BCUT2D eigenvalue weighted by molar-refractivity contribution is -0.164. The van der Waals surface area contributed by atoms with Gasteiger partial charge in [-0.15, -0.1) is 11.8 Å². The Hall–Kier alpha value is -2.04. The third kappa shape index (κ3) is 5.38. The molecule has 1 aromatic rings. The highest BCUT2D eigenvalue weighted by atomic mass is 32.2. The Morgan fingerprint density at radius 2 is 1.88 bits per heavy atom. The maximum absolute atomic E-state index is 12.9. The van der Waals surface area contributed by atoms with E-state index >= 15 is 0 Å². The zero-order valence-corrected chi connectivity index (χ0v) is 21.1. The summed E-state index contributed by atoms with van der Waals surface area (Å²) in [4.78, 5) is 51.8. The molecule has 0 unspecified atom stereocenters. The predicted molar refractivity (Wildman–Crippen MR) is 129 cm³/mol. The van der Waals surface area contributed by atoms with Crippen LogP contribution in [-0.2, 0) is 23.9 Å². The van der Waals surface area contributed by atoms with Crippen LogP contribution in [0.3, 0.4) is 0 Å². The maximum Gasteiger partial charge on any atom is 0.330 e. The lowest BCUT2D eigenvalue weighted by Gasteiger charge is -2.44. The first-order valence-electron chi connectivity index (χ1n) is 10.8.